The molecule has 0 spiro atoms. The van der Waals surface area contributed by atoms with E-state index in [2.05, 4.69) is 11.8 Å². The molecule has 0 saturated carbocycles. The van der Waals surface area contributed by atoms with Crippen molar-refractivity contribution >= 4 is 17.3 Å². The molecular formula is C10H7NO2S. The molecule has 0 amide bonds. The number of nitrogens with zero attached hydrogens (tertiary/aromatic N) is 1. The lowest BCUT2D eigenvalue weighted by Gasteiger charge is -1.85. The van der Waals surface area contributed by atoms with Crippen molar-refractivity contribution in [1.29, 1.82) is 5.26 Å². The maximum absolute atomic E-state index is 10.4. The van der Waals surface area contributed by atoms with Crippen molar-refractivity contribution in [2.45, 2.75) is 12.8 Å². The second-order valence-corrected chi connectivity index (χ2v) is 3.50. The first-order valence-electron chi connectivity index (χ1n) is 3.87. The number of hydrogen-bond donors (Lipinski definition) is 1. The maximum Gasteiger partial charge on any atom is 0.308 e. The Morgan fingerprint density at radius 2 is 2.43 bits per heavy atom. The second kappa shape index (κ2) is 5.06. The molecule has 0 fully saturated rings. The highest BCUT2D eigenvalue weighted by Crippen LogP contribution is 2.14. The van der Waals surface area contributed by atoms with Crippen LogP contribution in [-0.2, 0) is 11.2 Å². The predicted octanol–water partition coefficient (Wildman–Crippen LogP) is 1.64. The molecule has 0 aromatic carbocycles. The van der Waals surface area contributed by atoms with Crippen LogP contribution in [0.2, 0.25) is 0 Å². The van der Waals surface area contributed by atoms with E-state index < -0.39 is 5.97 Å². The molecule has 4 heteroatoms. The first-order chi connectivity index (χ1) is 6.72. The number of carboxylic acid groups (broad SMARTS) is 1. The van der Waals surface area contributed by atoms with Crippen LogP contribution >= 0.6 is 11.3 Å². The van der Waals surface area contributed by atoms with E-state index in [-0.39, 0.29) is 12.8 Å². The van der Waals surface area contributed by atoms with Crippen molar-refractivity contribution in [1.82, 2.24) is 0 Å². The first-order valence-corrected chi connectivity index (χ1v) is 4.75. The lowest BCUT2D eigenvalue weighted by Crippen LogP contribution is -1.97. The van der Waals surface area contributed by atoms with Crippen LogP contribution in [0.3, 0.4) is 0 Å². The zero-order valence-corrected chi connectivity index (χ0v) is 8.10. The van der Waals surface area contributed by atoms with E-state index in [1.165, 1.54) is 11.3 Å². The molecule has 3 nitrogen and oxygen atoms in total. The van der Waals surface area contributed by atoms with E-state index in [4.69, 9.17) is 10.4 Å². The van der Waals surface area contributed by atoms with Crippen LogP contribution in [-0.4, -0.2) is 11.1 Å². The van der Waals surface area contributed by atoms with Crippen molar-refractivity contribution in [3.05, 3.63) is 21.9 Å². The van der Waals surface area contributed by atoms with Gasteiger partial charge in [0.1, 0.15) is 0 Å². The number of thiophene rings is 1. The Hall–Kier alpha value is -1.78. The minimum Gasteiger partial charge on any atom is -0.481 e. The SMILES string of the molecule is N#CCC#Cc1csc(CC(=O)O)c1. The third kappa shape index (κ3) is 3.30. The Kier molecular flexibility index (Phi) is 3.72. The van der Waals surface area contributed by atoms with E-state index >= 15 is 0 Å². The molecule has 0 saturated heterocycles. The topological polar surface area (TPSA) is 61.1 Å². The van der Waals surface area contributed by atoms with Gasteiger partial charge in [-0.25, -0.2) is 0 Å². The van der Waals surface area contributed by atoms with Crippen LogP contribution in [0, 0.1) is 23.2 Å². The largest absolute Gasteiger partial charge is 0.481 e. The minimum atomic E-state index is -0.844. The molecule has 1 aromatic heterocycles. The lowest BCUT2D eigenvalue weighted by atomic mass is 10.2. The molecule has 0 radical (unpaired) electrons. The fraction of sp³-hybridized carbons (Fsp3) is 0.200. The first kappa shape index (κ1) is 10.3. The zero-order valence-electron chi connectivity index (χ0n) is 7.28. The van der Waals surface area contributed by atoms with Gasteiger partial charge in [-0.1, -0.05) is 11.8 Å². The third-order valence-corrected chi connectivity index (χ3v) is 2.32. The van der Waals surface area contributed by atoms with E-state index in [9.17, 15) is 4.79 Å². The quantitative estimate of drug-likeness (QED) is 0.746. The van der Waals surface area contributed by atoms with Crippen LogP contribution in [0.1, 0.15) is 16.9 Å². The summed E-state index contributed by atoms with van der Waals surface area (Å²) in [6, 6.07) is 3.65. The monoisotopic (exact) mass is 205 g/mol. The Balaban J connectivity index is 2.66. The van der Waals surface area contributed by atoms with Crippen LogP contribution in [0.15, 0.2) is 11.4 Å². The fourth-order valence-corrected chi connectivity index (χ4v) is 1.68. The molecule has 0 unspecified atom stereocenters. The fourth-order valence-electron chi connectivity index (χ4n) is 0.874. The van der Waals surface area contributed by atoms with Gasteiger partial charge in [-0.3, -0.25) is 4.79 Å². The number of hydrogen-bond acceptors (Lipinski definition) is 3. The number of carboxylic acids is 1. The van der Waals surface area contributed by atoms with Crippen molar-refractivity contribution in [2.75, 3.05) is 0 Å². The molecule has 1 aromatic rings. The number of carbonyl (C=O) groups is 1. The molecular weight excluding hydrogens is 198 g/mol. The Morgan fingerprint density at radius 3 is 3.07 bits per heavy atom. The molecule has 70 valence electrons. The van der Waals surface area contributed by atoms with Crippen LogP contribution < -0.4 is 0 Å². The molecule has 0 bridgehead atoms. The normalized spacial score (nSPS) is 8.50. The smallest absolute Gasteiger partial charge is 0.308 e. The van der Waals surface area contributed by atoms with Gasteiger partial charge >= 0.3 is 5.97 Å². The summed E-state index contributed by atoms with van der Waals surface area (Å²) in [5.41, 5.74) is 0.779. The Bertz CT molecular complexity index is 431. The number of nitriles is 1. The summed E-state index contributed by atoms with van der Waals surface area (Å²) in [7, 11) is 0. The molecule has 1 N–H and O–H groups in total. The highest BCUT2D eigenvalue weighted by atomic mass is 32.1. The zero-order chi connectivity index (χ0) is 10.4. The summed E-state index contributed by atoms with van der Waals surface area (Å²) in [6.07, 6.45) is 0.231. The molecule has 1 heterocycles. The lowest BCUT2D eigenvalue weighted by molar-refractivity contribution is -0.136. The summed E-state index contributed by atoms with van der Waals surface area (Å²) in [5.74, 6) is 4.61. The summed E-state index contributed by atoms with van der Waals surface area (Å²) in [4.78, 5) is 11.1. The second-order valence-electron chi connectivity index (χ2n) is 2.51. The van der Waals surface area contributed by atoms with E-state index in [0.29, 0.717) is 0 Å². The predicted molar refractivity (Wildman–Crippen MR) is 52.8 cm³/mol. The standard InChI is InChI=1S/C10H7NO2S/c11-4-2-1-3-8-5-9(14-7-8)6-10(12)13/h5,7H,2,6H2,(H,12,13). The van der Waals surface area contributed by atoms with Gasteiger partial charge in [0.2, 0.25) is 0 Å². The van der Waals surface area contributed by atoms with Gasteiger partial charge in [0.05, 0.1) is 18.9 Å². The molecule has 0 aliphatic carbocycles. The van der Waals surface area contributed by atoms with Crippen LogP contribution in [0.4, 0.5) is 0 Å². The number of rotatable bonds is 2. The molecule has 0 aliphatic heterocycles. The van der Waals surface area contributed by atoms with Gasteiger partial charge in [-0.2, -0.15) is 5.26 Å². The van der Waals surface area contributed by atoms with Crippen molar-refractivity contribution < 1.29 is 9.90 Å². The van der Waals surface area contributed by atoms with Gasteiger partial charge in [-0.05, 0) is 6.07 Å². The van der Waals surface area contributed by atoms with Crippen LogP contribution in [0.5, 0.6) is 0 Å². The molecule has 1 rings (SSSR count). The summed E-state index contributed by atoms with van der Waals surface area (Å²) < 4.78 is 0. The average Bonchev–Trinajstić information content (AvgIpc) is 2.52. The molecule has 14 heavy (non-hydrogen) atoms. The Morgan fingerprint density at radius 1 is 1.64 bits per heavy atom. The van der Waals surface area contributed by atoms with Gasteiger partial charge in [0.25, 0.3) is 0 Å². The van der Waals surface area contributed by atoms with Crippen molar-refractivity contribution in [3.63, 3.8) is 0 Å². The van der Waals surface area contributed by atoms with Crippen LogP contribution in [0.25, 0.3) is 0 Å². The van der Waals surface area contributed by atoms with Gasteiger partial charge in [0.15, 0.2) is 0 Å². The van der Waals surface area contributed by atoms with Gasteiger partial charge in [-0.15, -0.1) is 11.3 Å². The van der Waals surface area contributed by atoms with E-state index in [0.717, 1.165) is 10.4 Å². The Labute approximate surface area is 85.6 Å². The summed E-state index contributed by atoms with van der Waals surface area (Å²) in [5, 5.41) is 18.6. The highest BCUT2D eigenvalue weighted by Gasteiger charge is 2.02. The molecule has 0 atom stereocenters. The average molecular weight is 205 g/mol. The van der Waals surface area contributed by atoms with E-state index in [1.807, 2.05) is 6.07 Å². The number of aliphatic carboxylic acids is 1. The highest BCUT2D eigenvalue weighted by molar-refractivity contribution is 7.10. The van der Waals surface area contributed by atoms with Crippen molar-refractivity contribution in [3.8, 4) is 17.9 Å². The summed E-state index contributed by atoms with van der Waals surface area (Å²) in [6.45, 7) is 0. The van der Waals surface area contributed by atoms with Gasteiger partial charge < -0.3 is 5.11 Å². The van der Waals surface area contributed by atoms with Gasteiger partial charge in [0, 0.05) is 15.8 Å². The minimum absolute atomic E-state index is 0.0323. The third-order valence-electron chi connectivity index (χ3n) is 1.38. The van der Waals surface area contributed by atoms with Crippen molar-refractivity contribution in [2.24, 2.45) is 0 Å². The summed E-state index contributed by atoms with van der Waals surface area (Å²) >= 11 is 1.37. The molecule has 0 aliphatic rings. The van der Waals surface area contributed by atoms with E-state index in [1.54, 1.807) is 11.4 Å². The maximum atomic E-state index is 10.4.